The van der Waals surface area contributed by atoms with E-state index < -0.39 is 5.82 Å². The maximum Gasteiger partial charge on any atom is 0.243 e. The van der Waals surface area contributed by atoms with Crippen molar-refractivity contribution in [1.29, 1.82) is 0 Å². The van der Waals surface area contributed by atoms with E-state index in [2.05, 4.69) is 20.9 Å². The number of carbonyl (C=O) groups is 1. The van der Waals surface area contributed by atoms with Gasteiger partial charge in [0, 0.05) is 19.3 Å². The zero-order valence-electron chi connectivity index (χ0n) is 15.3. The van der Waals surface area contributed by atoms with Gasteiger partial charge in [-0.1, -0.05) is 12.1 Å². The number of nitrogens with one attached hydrogen (secondary N) is 3. The van der Waals surface area contributed by atoms with Gasteiger partial charge in [-0.15, -0.1) is 24.0 Å². The lowest BCUT2D eigenvalue weighted by atomic mass is 10.1. The van der Waals surface area contributed by atoms with Crippen LogP contribution in [0, 0.1) is 5.82 Å². The third-order valence-corrected chi connectivity index (χ3v) is 3.89. The van der Waals surface area contributed by atoms with Crippen LogP contribution >= 0.6 is 24.0 Å². The molecule has 0 bridgehead atoms. The number of hydrogen-bond acceptors (Lipinski definition) is 4. The fraction of sp³-hybridized carbons (Fsp3) is 0.263. The van der Waals surface area contributed by atoms with Gasteiger partial charge in [-0.05, 0) is 42.3 Å². The van der Waals surface area contributed by atoms with E-state index in [-0.39, 0.29) is 43.2 Å². The first kappa shape index (κ1) is 21.7. The molecule has 28 heavy (non-hydrogen) atoms. The molecule has 3 rings (SSSR count). The van der Waals surface area contributed by atoms with E-state index in [1.807, 2.05) is 18.2 Å². The molecule has 1 amide bonds. The monoisotopic (exact) mass is 500 g/mol. The molecule has 9 heteroatoms. The molecule has 0 radical (unpaired) electrons. The van der Waals surface area contributed by atoms with Gasteiger partial charge >= 0.3 is 0 Å². The van der Waals surface area contributed by atoms with Crippen molar-refractivity contribution in [3.05, 3.63) is 53.8 Å². The number of rotatable bonds is 6. The number of anilines is 1. The zero-order chi connectivity index (χ0) is 19.1. The highest BCUT2D eigenvalue weighted by Gasteiger charge is 2.13. The van der Waals surface area contributed by atoms with Crippen LogP contribution in [0.3, 0.4) is 0 Å². The largest absolute Gasteiger partial charge is 0.454 e. The van der Waals surface area contributed by atoms with Crippen molar-refractivity contribution in [2.24, 2.45) is 4.99 Å². The Labute approximate surface area is 179 Å². The molecule has 0 aromatic heterocycles. The van der Waals surface area contributed by atoms with E-state index >= 15 is 0 Å². The first-order valence-electron chi connectivity index (χ1n) is 8.52. The van der Waals surface area contributed by atoms with E-state index in [0.717, 1.165) is 23.5 Å². The molecule has 1 aliphatic heterocycles. The third-order valence-electron chi connectivity index (χ3n) is 3.89. The molecule has 7 nitrogen and oxygen atoms in total. The Bertz CT molecular complexity index is 848. The quantitative estimate of drug-likeness (QED) is 0.323. The Morgan fingerprint density at radius 2 is 1.96 bits per heavy atom. The Morgan fingerprint density at radius 1 is 1.14 bits per heavy atom. The van der Waals surface area contributed by atoms with E-state index in [9.17, 15) is 9.18 Å². The van der Waals surface area contributed by atoms with Crippen LogP contribution < -0.4 is 25.4 Å². The molecule has 0 atom stereocenters. The van der Waals surface area contributed by atoms with Crippen LogP contribution in [-0.4, -0.2) is 38.8 Å². The van der Waals surface area contributed by atoms with Crippen LogP contribution in [0.2, 0.25) is 0 Å². The van der Waals surface area contributed by atoms with Crippen molar-refractivity contribution < 1.29 is 18.7 Å². The van der Waals surface area contributed by atoms with Crippen molar-refractivity contribution in [3.63, 3.8) is 0 Å². The van der Waals surface area contributed by atoms with Crippen LogP contribution in [0.4, 0.5) is 10.1 Å². The molecule has 0 saturated carbocycles. The van der Waals surface area contributed by atoms with Crippen LogP contribution in [0.25, 0.3) is 0 Å². The highest BCUT2D eigenvalue weighted by molar-refractivity contribution is 14.0. The molecule has 0 aliphatic carbocycles. The van der Waals surface area contributed by atoms with Crippen molar-refractivity contribution in [2.45, 2.75) is 6.42 Å². The summed E-state index contributed by atoms with van der Waals surface area (Å²) >= 11 is 0. The lowest BCUT2D eigenvalue weighted by Crippen LogP contribution is -2.42. The van der Waals surface area contributed by atoms with Gasteiger partial charge in [0.15, 0.2) is 17.5 Å². The second-order valence-corrected chi connectivity index (χ2v) is 5.85. The molecule has 2 aromatic rings. The van der Waals surface area contributed by atoms with Crippen molar-refractivity contribution in [3.8, 4) is 11.5 Å². The molecule has 0 spiro atoms. The lowest BCUT2D eigenvalue weighted by Gasteiger charge is -2.12. The maximum absolute atomic E-state index is 13.1. The van der Waals surface area contributed by atoms with Crippen LogP contribution in [0.15, 0.2) is 47.5 Å². The normalized spacial score (nSPS) is 12.1. The Morgan fingerprint density at radius 3 is 2.75 bits per heavy atom. The molecule has 1 aliphatic rings. The minimum Gasteiger partial charge on any atom is -0.454 e. The van der Waals surface area contributed by atoms with E-state index in [1.54, 1.807) is 13.1 Å². The van der Waals surface area contributed by atoms with Gasteiger partial charge in [0.2, 0.25) is 12.7 Å². The average molecular weight is 500 g/mol. The SMILES string of the molecule is CN=C(NCCc1ccc2c(c1)OCO2)NCC(=O)Nc1cccc(F)c1.I. The van der Waals surface area contributed by atoms with E-state index in [0.29, 0.717) is 18.2 Å². The van der Waals surface area contributed by atoms with Gasteiger partial charge in [-0.2, -0.15) is 0 Å². The zero-order valence-corrected chi connectivity index (χ0v) is 17.7. The van der Waals surface area contributed by atoms with E-state index in [4.69, 9.17) is 9.47 Å². The summed E-state index contributed by atoms with van der Waals surface area (Å²) in [5.74, 6) is 1.32. The predicted molar refractivity (Wildman–Crippen MR) is 116 cm³/mol. The first-order valence-corrected chi connectivity index (χ1v) is 8.52. The summed E-state index contributed by atoms with van der Waals surface area (Å²) < 4.78 is 23.8. The molecular formula is C19H22FIN4O3. The van der Waals surface area contributed by atoms with Crippen LogP contribution in [-0.2, 0) is 11.2 Å². The average Bonchev–Trinajstić information content (AvgIpc) is 3.12. The standard InChI is InChI=1S/C19H21FN4O3.HI/c1-21-19(23-11-18(25)24-15-4-2-3-14(20)10-15)22-8-7-13-5-6-16-17(9-13)27-12-26-16;/h2-6,9-10H,7-8,11-12H2,1H3,(H,24,25)(H2,21,22,23);1H. The number of hydrogen-bond donors (Lipinski definition) is 3. The lowest BCUT2D eigenvalue weighted by molar-refractivity contribution is -0.115. The van der Waals surface area contributed by atoms with Crippen molar-refractivity contribution in [2.75, 3.05) is 32.2 Å². The van der Waals surface area contributed by atoms with Gasteiger partial charge in [0.25, 0.3) is 0 Å². The number of carbonyl (C=O) groups excluding carboxylic acids is 1. The molecule has 0 unspecified atom stereocenters. The number of fused-ring (bicyclic) bond motifs is 1. The summed E-state index contributed by atoms with van der Waals surface area (Å²) in [6.07, 6.45) is 0.757. The van der Waals surface area contributed by atoms with Gasteiger partial charge in [-0.3, -0.25) is 9.79 Å². The third kappa shape index (κ3) is 6.25. The summed E-state index contributed by atoms with van der Waals surface area (Å²) in [6, 6.07) is 11.6. The molecular weight excluding hydrogens is 478 g/mol. The first-order chi connectivity index (χ1) is 13.1. The summed E-state index contributed by atoms with van der Waals surface area (Å²) in [4.78, 5) is 16.0. The number of aliphatic imine (C=N–C) groups is 1. The number of nitrogens with zero attached hydrogens (tertiary/aromatic N) is 1. The fourth-order valence-electron chi connectivity index (χ4n) is 2.58. The molecule has 150 valence electrons. The van der Waals surface area contributed by atoms with Crippen LogP contribution in [0.5, 0.6) is 11.5 Å². The van der Waals surface area contributed by atoms with Crippen LogP contribution in [0.1, 0.15) is 5.56 Å². The minimum atomic E-state index is -0.401. The number of amides is 1. The van der Waals surface area contributed by atoms with Gasteiger partial charge in [-0.25, -0.2) is 4.39 Å². The number of ether oxygens (including phenoxy) is 2. The van der Waals surface area contributed by atoms with Gasteiger partial charge in [0.1, 0.15) is 5.82 Å². The fourth-order valence-corrected chi connectivity index (χ4v) is 2.58. The topological polar surface area (TPSA) is 84.0 Å². The highest BCUT2D eigenvalue weighted by atomic mass is 127. The van der Waals surface area contributed by atoms with Crippen molar-refractivity contribution in [1.82, 2.24) is 10.6 Å². The Hall–Kier alpha value is -2.56. The molecule has 2 aromatic carbocycles. The molecule has 0 fully saturated rings. The number of halogens is 2. The van der Waals surface area contributed by atoms with Gasteiger partial charge in [0.05, 0.1) is 6.54 Å². The van der Waals surface area contributed by atoms with Gasteiger partial charge < -0.3 is 25.4 Å². The summed E-state index contributed by atoms with van der Waals surface area (Å²) in [7, 11) is 1.63. The summed E-state index contributed by atoms with van der Waals surface area (Å²) in [6.45, 7) is 0.899. The van der Waals surface area contributed by atoms with E-state index in [1.165, 1.54) is 18.2 Å². The predicted octanol–water partition coefficient (Wildman–Crippen LogP) is 2.52. The second-order valence-electron chi connectivity index (χ2n) is 5.85. The molecule has 1 heterocycles. The second kappa shape index (κ2) is 10.7. The Balaban J connectivity index is 0.00000280. The molecule has 0 saturated heterocycles. The van der Waals surface area contributed by atoms with Crippen molar-refractivity contribution >= 4 is 41.5 Å². The summed E-state index contributed by atoms with van der Waals surface area (Å²) in [5, 5.41) is 8.68. The minimum absolute atomic E-state index is 0. The smallest absolute Gasteiger partial charge is 0.243 e. The Kier molecular flexibility index (Phi) is 8.30. The summed E-state index contributed by atoms with van der Waals surface area (Å²) in [5.41, 5.74) is 1.51. The maximum atomic E-state index is 13.1. The number of guanidine groups is 1. The highest BCUT2D eigenvalue weighted by Crippen LogP contribution is 2.32. The number of benzene rings is 2. The molecule has 3 N–H and O–H groups in total.